The highest BCUT2D eigenvalue weighted by molar-refractivity contribution is 5.81. The molecule has 0 bridgehead atoms. The summed E-state index contributed by atoms with van der Waals surface area (Å²) in [5.41, 5.74) is 0.872. The molecule has 2 aromatic rings. The molecule has 2 aliphatic rings. The fraction of sp³-hybridized carbons (Fsp3) is 0.500. The lowest BCUT2D eigenvalue weighted by atomic mass is 9.97. The monoisotopic (exact) mass is 327 g/mol. The van der Waals surface area contributed by atoms with Gasteiger partial charge < -0.3 is 14.1 Å². The average molecular weight is 327 g/mol. The van der Waals surface area contributed by atoms with E-state index in [-0.39, 0.29) is 11.8 Å². The lowest BCUT2D eigenvalue weighted by Crippen LogP contribution is -2.40. The second-order valence-corrected chi connectivity index (χ2v) is 6.57. The van der Waals surface area contributed by atoms with Crippen molar-refractivity contribution in [3.05, 3.63) is 30.2 Å². The number of hydrogen-bond acceptors (Lipinski definition) is 5. The Balaban J connectivity index is 1.48. The predicted octanol–water partition coefficient (Wildman–Crippen LogP) is 2.86. The summed E-state index contributed by atoms with van der Waals surface area (Å²) in [5.74, 6) is 2.64. The Bertz CT molecular complexity index is 721. The lowest BCUT2D eigenvalue weighted by molar-refractivity contribution is -0.133. The summed E-state index contributed by atoms with van der Waals surface area (Å²) in [6, 6.07) is 7.55. The molecule has 0 N–H and O–H groups in total. The van der Waals surface area contributed by atoms with Gasteiger partial charge >= 0.3 is 0 Å². The van der Waals surface area contributed by atoms with Gasteiger partial charge in [-0.05, 0) is 49.9 Å². The molecule has 6 nitrogen and oxygen atoms in total. The zero-order valence-electron chi connectivity index (χ0n) is 13.8. The highest BCUT2D eigenvalue weighted by Crippen LogP contribution is 2.34. The third kappa shape index (κ3) is 3.00. The molecule has 1 saturated heterocycles. The number of carbonyl (C=O) groups is 1. The fourth-order valence-electron chi connectivity index (χ4n) is 3.22. The van der Waals surface area contributed by atoms with Crippen LogP contribution in [0.4, 0.5) is 0 Å². The maximum absolute atomic E-state index is 12.3. The molecular formula is C18H21N3O3. The van der Waals surface area contributed by atoms with Crippen LogP contribution in [0.1, 0.15) is 37.5 Å². The second-order valence-electron chi connectivity index (χ2n) is 6.57. The molecule has 1 aliphatic carbocycles. The van der Waals surface area contributed by atoms with Crippen LogP contribution in [0.5, 0.6) is 5.75 Å². The molecule has 6 heteroatoms. The van der Waals surface area contributed by atoms with Crippen molar-refractivity contribution in [3.8, 4) is 17.2 Å². The Morgan fingerprint density at radius 3 is 2.71 bits per heavy atom. The highest BCUT2D eigenvalue weighted by Gasteiger charge is 2.36. The van der Waals surface area contributed by atoms with E-state index in [0.717, 1.165) is 43.5 Å². The summed E-state index contributed by atoms with van der Waals surface area (Å²) in [6.07, 6.45) is 4.06. The van der Waals surface area contributed by atoms with Crippen molar-refractivity contribution in [2.75, 3.05) is 20.2 Å². The van der Waals surface area contributed by atoms with Gasteiger partial charge in [0, 0.05) is 24.6 Å². The highest BCUT2D eigenvalue weighted by atomic mass is 16.5. The number of benzene rings is 1. The normalized spacial score (nSPS) is 20.9. The topological polar surface area (TPSA) is 68.5 Å². The molecule has 126 valence electrons. The van der Waals surface area contributed by atoms with Crippen LogP contribution in [0.2, 0.25) is 0 Å². The van der Waals surface area contributed by atoms with E-state index in [0.29, 0.717) is 24.2 Å². The van der Waals surface area contributed by atoms with Gasteiger partial charge in [-0.3, -0.25) is 4.79 Å². The second kappa shape index (κ2) is 6.26. The molecule has 2 fully saturated rings. The first-order chi connectivity index (χ1) is 11.7. The first-order valence-electron chi connectivity index (χ1n) is 8.51. The van der Waals surface area contributed by atoms with Crippen LogP contribution in [0, 0.1) is 5.92 Å². The molecule has 1 saturated carbocycles. The van der Waals surface area contributed by atoms with Crippen LogP contribution in [0.15, 0.2) is 28.7 Å². The van der Waals surface area contributed by atoms with Crippen molar-refractivity contribution in [1.29, 1.82) is 0 Å². The molecule has 1 amide bonds. The van der Waals surface area contributed by atoms with Crippen molar-refractivity contribution < 1.29 is 13.9 Å². The zero-order chi connectivity index (χ0) is 16.5. The van der Waals surface area contributed by atoms with Crippen LogP contribution in [-0.2, 0) is 4.79 Å². The van der Waals surface area contributed by atoms with Crippen molar-refractivity contribution in [2.45, 2.75) is 31.6 Å². The van der Waals surface area contributed by atoms with E-state index in [1.165, 1.54) is 0 Å². The number of amides is 1. The van der Waals surface area contributed by atoms with E-state index in [4.69, 9.17) is 9.15 Å². The third-order valence-electron chi connectivity index (χ3n) is 4.79. The van der Waals surface area contributed by atoms with E-state index in [9.17, 15) is 4.79 Å². The maximum atomic E-state index is 12.3. The van der Waals surface area contributed by atoms with Gasteiger partial charge in [-0.2, -0.15) is 0 Å². The van der Waals surface area contributed by atoms with E-state index < -0.39 is 0 Å². The Morgan fingerprint density at radius 1 is 1.21 bits per heavy atom. The first-order valence-corrected chi connectivity index (χ1v) is 8.51. The largest absolute Gasteiger partial charge is 0.497 e. The fourth-order valence-corrected chi connectivity index (χ4v) is 3.22. The summed E-state index contributed by atoms with van der Waals surface area (Å²) >= 11 is 0. The number of methoxy groups -OCH3 is 1. The molecule has 2 heterocycles. The number of nitrogens with zero attached hydrogens (tertiary/aromatic N) is 3. The Labute approximate surface area is 140 Å². The number of aromatic nitrogens is 2. The van der Waals surface area contributed by atoms with Gasteiger partial charge in [0.2, 0.25) is 17.7 Å². The molecule has 1 atom stereocenters. The quantitative estimate of drug-likeness (QED) is 0.864. The summed E-state index contributed by atoms with van der Waals surface area (Å²) in [7, 11) is 1.64. The van der Waals surface area contributed by atoms with Gasteiger partial charge in [0.15, 0.2) is 0 Å². The van der Waals surface area contributed by atoms with Gasteiger partial charge in [-0.1, -0.05) is 0 Å². The summed E-state index contributed by atoms with van der Waals surface area (Å²) in [5, 5.41) is 8.40. The van der Waals surface area contributed by atoms with Gasteiger partial charge in [0.25, 0.3) is 0 Å². The number of ether oxygens (including phenoxy) is 1. The van der Waals surface area contributed by atoms with Crippen molar-refractivity contribution in [3.63, 3.8) is 0 Å². The first kappa shape index (κ1) is 15.2. The summed E-state index contributed by atoms with van der Waals surface area (Å²) < 4.78 is 11.0. The number of piperidine rings is 1. The minimum atomic E-state index is 0.140. The summed E-state index contributed by atoms with van der Waals surface area (Å²) in [4.78, 5) is 14.2. The van der Waals surface area contributed by atoms with Gasteiger partial charge in [0.1, 0.15) is 5.75 Å². The van der Waals surface area contributed by atoms with Crippen LogP contribution in [0.3, 0.4) is 0 Å². The Kier molecular flexibility index (Phi) is 3.96. The van der Waals surface area contributed by atoms with E-state index in [2.05, 4.69) is 10.2 Å². The minimum Gasteiger partial charge on any atom is -0.497 e. The molecule has 0 spiro atoms. The average Bonchev–Trinajstić information content (AvgIpc) is 3.38. The van der Waals surface area contributed by atoms with E-state index >= 15 is 0 Å². The standard InChI is InChI=1S/C18H21N3O3/c1-23-15-8-6-12(7-9-15)16-19-20-17(24-16)14-3-2-10-21(11-14)18(22)13-4-5-13/h6-9,13-14H,2-5,10-11H2,1H3/t14-/m1/s1. The van der Waals surface area contributed by atoms with Crippen LogP contribution in [-0.4, -0.2) is 41.2 Å². The number of rotatable bonds is 4. The van der Waals surface area contributed by atoms with Crippen LogP contribution in [0.25, 0.3) is 11.5 Å². The van der Waals surface area contributed by atoms with Gasteiger partial charge in [-0.25, -0.2) is 0 Å². The number of likely N-dealkylation sites (tertiary alicyclic amines) is 1. The van der Waals surface area contributed by atoms with Crippen molar-refractivity contribution >= 4 is 5.91 Å². The third-order valence-corrected chi connectivity index (χ3v) is 4.79. The van der Waals surface area contributed by atoms with Crippen LogP contribution >= 0.6 is 0 Å². The van der Waals surface area contributed by atoms with Gasteiger partial charge in [-0.15, -0.1) is 10.2 Å². The Hall–Kier alpha value is -2.37. The van der Waals surface area contributed by atoms with Crippen molar-refractivity contribution in [1.82, 2.24) is 15.1 Å². The maximum Gasteiger partial charge on any atom is 0.247 e. The molecule has 1 aromatic carbocycles. The SMILES string of the molecule is COc1ccc(-c2nnc([C@@H]3CCCN(C(=O)C4CC4)C3)o2)cc1. The van der Waals surface area contributed by atoms with Crippen molar-refractivity contribution in [2.24, 2.45) is 5.92 Å². The predicted molar refractivity (Wildman–Crippen MR) is 87.6 cm³/mol. The molecule has 24 heavy (non-hydrogen) atoms. The number of carbonyl (C=O) groups excluding carboxylic acids is 1. The zero-order valence-corrected chi connectivity index (χ0v) is 13.8. The molecule has 0 radical (unpaired) electrons. The molecule has 4 rings (SSSR count). The minimum absolute atomic E-state index is 0.140. The van der Waals surface area contributed by atoms with E-state index in [1.807, 2.05) is 29.2 Å². The number of hydrogen-bond donors (Lipinski definition) is 0. The molecular weight excluding hydrogens is 306 g/mol. The van der Waals surface area contributed by atoms with Gasteiger partial charge in [0.05, 0.1) is 13.0 Å². The Morgan fingerprint density at radius 2 is 2.00 bits per heavy atom. The summed E-state index contributed by atoms with van der Waals surface area (Å²) in [6.45, 7) is 1.55. The van der Waals surface area contributed by atoms with Crippen LogP contribution < -0.4 is 4.74 Å². The lowest BCUT2D eigenvalue weighted by Gasteiger charge is -2.31. The molecule has 1 aromatic heterocycles. The molecule has 1 aliphatic heterocycles. The van der Waals surface area contributed by atoms with E-state index in [1.54, 1.807) is 7.11 Å². The smallest absolute Gasteiger partial charge is 0.247 e. The molecule has 0 unspecified atom stereocenters.